The summed E-state index contributed by atoms with van der Waals surface area (Å²) in [6.07, 6.45) is 1.82. The number of aryl methyl sites for hydroxylation is 1. The summed E-state index contributed by atoms with van der Waals surface area (Å²) in [5.41, 5.74) is 0.402. The molecule has 1 rings (SSSR count). The van der Waals surface area contributed by atoms with Crippen molar-refractivity contribution in [1.29, 1.82) is 0 Å². The van der Waals surface area contributed by atoms with E-state index in [1.54, 1.807) is 14.0 Å². The Morgan fingerprint density at radius 2 is 2.50 bits per heavy atom. The van der Waals surface area contributed by atoms with Crippen molar-refractivity contribution in [3.63, 3.8) is 0 Å². The number of carbonyl (C=O) groups excluding carboxylic acids is 1. The molecule has 0 aliphatic rings. The first-order valence-electron chi connectivity index (χ1n) is 5.01. The molecular formula is C10H16N2O4. The normalized spacial score (nSPS) is 12.4. The third kappa shape index (κ3) is 3.32. The van der Waals surface area contributed by atoms with Gasteiger partial charge in [-0.25, -0.2) is 0 Å². The Labute approximate surface area is 93.6 Å². The number of aliphatic hydroxyl groups is 1. The SMILES string of the molecule is COCC(CCO)NC(=O)c1cnoc1C. The van der Waals surface area contributed by atoms with E-state index in [0.29, 0.717) is 24.4 Å². The fourth-order valence-electron chi connectivity index (χ4n) is 1.33. The first kappa shape index (κ1) is 12.7. The van der Waals surface area contributed by atoms with E-state index in [1.807, 2.05) is 0 Å². The van der Waals surface area contributed by atoms with Crippen molar-refractivity contribution in [2.45, 2.75) is 19.4 Å². The Morgan fingerprint density at radius 1 is 1.75 bits per heavy atom. The lowest BCUT2D eigenvalue weighted by atomic mass is 10.2. The van der Waals surface area contributed by atoms with Gasteiger partial charge in [0.1, 0.15) is 11.3 Å². The number of aromatic nitrogens is 1. The van der Waals surface area contributed by atoms with E-state index in [2.05, 4.69) is 10.5 Å². The van der Waals surface area contributed by atoms with Crippen molar-refractivity contribution in [3.8, 4) is 0 Å². The van der Waals surface area contributed by atoms with Gasteiger partial charge in [-0.15, -0.1) is 0 Å². The van der Waals surface area contributed by atoms with Crippen LogP contribution in [0, 0.1) is 6.92 Å². The quantitative estimate of drug-likeness (QED) is 0.722. The molecule has 0 saturated carbocycles. The van der Waals surface area contributed by atoms with Crippen LogP contribution < -0.4 is 5.32 Å². The van der Waals surface area contributed by atoms with E-state index in [0.717, 1.165) is 0 Å². The molecule has 16 heavy (non-hydrogen) atoms. The van der Waals surface area contributed by atoms with E-state index in [9.17, 15) is 4.79 Å². The Balaban J connectivity index is 2.58. The van der Waals surface area contributed by atoms with Crippen molar-refractivity contribution in [2.75, 3.05) is 20.3 Å². The van der Waals surface area contributed by atoms with Crippen LogP contribution in [0.4, 0.5) is 0 Å². The van der Waals surface area contributed by atoms with Gasteiger partial charge in [0.05, 0.1) is 18.8 Å². The summed E-state index contributed by atoms with van der Waals surface area (Å²) in [5.74, 6) is 0.201. The number of hydrogen-bond donors (Lipinski definition) is 2. The molecule has 0 aliphatic heterocycles. The van der Waals surface area contributed by atoms with Crippen LogP contribution in [0.2, 0.25) is 0 Å². The van der Waals surface area contributed by atoms with Crippen LogP contribution in [-0.2, 0) is 4.74 Å². The number of methoxy groups -OCH3 is 1. The third-order valence-corrected chi connectivity index (χ3v) is 2.18. The predicted octanol–water partition coefficient (Wildman–Crippen LogP) is 0.110. The molecule has 0 saturated heterocycles. The monoisotopic (exact) mass is 228 g/mol. The molecule has 1 aromatic heterocycles. The minimum absolute atomic E-state index is 0.00305. The Bertz CT molecular complexity index is 331. The number of amides is 1. The van der Waals surface area contributed by atoms with Crippen LogP contribution in [0.3, 0.4) is 0 Å². The molecule has 1 aromatic rings. The number of rotatable bonds is 6. The van der Waals surface area contributed by atoms with Gasteiger partial charge in [0.15, 0.2) is 0 Å². The second-order valence-electron chi connectivity index (χ2n) is 3.43. The molecule has 0 aromatic carbocycles. The van der Waals surface area contributed by atoms with Gasteiger partial charge in [0.25, 0.3) is 5.91 Å². The molecule has 0 aliphatic carbocycles. The fourth-order valence-corrected chi connectivity index (χ4v) is 1.33. The summed E-state index contributed by atoms with van der Waals surface area (Å²) in [6.45, 7) is 2.02. The van der Waals surface area contributed by atoms with Gasteiger partial charge in [0.2, 0.25) is 0 Å². The van der Waals surface area contributed by atoms with Gasteiger partial charge in [-0.2, -0.15) is 0 Å². The molecule has 1 atom stereocenters. The Kier molecular flexibility index (Phi) is 4.94. The zero-order chi connectivity index (χ0) is 12.0. The topological polar surface area (TPSA) is 84.6 Å². The highest BCUT2D eigenvalue weighted by Crippen LogP contribution is 2.06. The van der Waals surface area contributed by atoms with Crippen LogP contribution in [0.1, 0.15) is 22.5 Å². The highest BCUT2D eigenvalue weighted by atomic mass is 16.5. The minimum Gasteiger partial charge on any atom is -0.396 e. The maximum absolute atomic E-state index is 11.7. The minimum atomic E-state index is -0.269. The molecule has 6 nitrogen and oxygen atoms in total. The van der Waals surface area contributed by atoms with E-state index in [1.165, 1.54) is 6.20 Å². The standard InChI is InChI=1S/C10H16N2O4/c1-7-9(5-11-16-7)10(14)12-8(3-4-13)6-15-2/h5,8,13H,3-4,6H2,1-2H3,(H,12,14). The van der Waals surface area contributed by atoms with Crippen molar-refractivity contribution in [3.05, 3.63) is 17.5 Å². The summed E-state index contributed by atoms with van der Waals surface area (Å²) in [5, 5.41) is 15.1. The summed E-state index contributed by atoms with van der Waals surface area (Å²) < 4.78 is 9.74. The van der Waals surface area contributed by atoms with Gasteiger partial charge in [-0.3, -0.25) is 4.79 Å². The average molecular weight is 228 g/mol. The van der Waals surface area contributed by atoms with Crippen molar-refractivity contribution < 1.29 is 19.2 Å². The molecule has 1 heterocycles. The van der Waals surface area contributed by atoms with E-state index in [4.69, 9.17) is 14.4 Å². The van der Waals surface area contributed by atoms with Crippen LogP contribution in [0.5, 0.6) is 0 Å². The zero-order valence-electron chi connectivity index (χ0n) is 9.40. The Hall–Kier alpha value is -1.40. The average Bonchev–Trinajstić information content (AvgIpc) is 2.65. The van der Waals surface area contributed by atoms with Crippen molar-refractivity contribution >= 4 is 5.91 Å². The maximum atomic E-state index is 11.7. The van der Waals surface area contributed by atoms with Crippen LogP contribution in [0.25, 0.3) is 0 Å². The van der Waals surface area contributed by atoms with Crippen LogP contribution in [0.15, 0.2) is 10.7 Å². The second-order valence-corrected chi connectivity index (χ2v) is 3.43. The largest absolute Gasteiger partial charge is 0.396 e. The number of hydrogen-bond acceptors (Lipinski definition) is 5. The van der Waals surface area contributed by atoms with Gasteiger partial charge in [0, 0.05) is 13.7 Å². The van der Waals surface area contributed by atoms with E-state index >= 15 is 0 Å². The summed E-state index contributed by atoms with van der Waals surface area (Å²) in [4.78, 5) is 11.7. The molecule has 6 heteroatoms. The van der Waals surface area contributed by atoms with Crippen molar-refractivity contribution in [2.24, 2.45) is 0 Å². The number of nitrogens with one attached hydrogen (secondary N) is 1. The molecule has 1 unspecified atom stereocenters. The molecule has 0 bridgehead atoms. The molecule has 0 spiro atoms. The molecule has 1 amide bonds. The number of nitrogens with zero attached hydrogens (tertiary/aromatic N) is 1. The summed E-state index contributed by atoms with van der Waals surface area (Å²) in [7, 11) is 1.54. The maximum Gasteiger partial charge on any atom is 0.256 e. The molecule has 90 valence electrons. The molecule has 0 radical (unpaired) electrons. The lowest BCUT2D eigenvalue weighted by Gasteiger charge is -2.16. The van der Waals surface area contributed by atoms with E-state index < -0.39 is 0 Å². The summed E-state index contributed by atoms with van der Waals surface area (Å²) in [6, 6.07) is -0.211. The zero-order valence-corrected chi connectivity index (χ0v) is 9.40. The van der Waals surface area contributed by atoms with Gasteiger partial charge >= 0.3 is 0 Å². The first-order valence-corrected chi connectivity index (χ1v) is 5.01. The third-order valence-electron chi connectivity index (χ3n) is 2.18. The molecule has 0 fully saturated rings. The first-order chi connectivity index (χ1) is 7.69. The van der Waals surface area contributed by atoms with Crippen LogP contribution in [-0.4, -0.2) is 42.5 Å². The Morgan fingerprint density at radius 3 is 3.00 bits per heavy atom. The van der Waals surface area contributed by atoms with Crippen LogP contribution >= 0.6 is 0 Å². The van der Waals surface area contributed by atoms with E-state index in [-0.39, 0.29) is 18.6 Å². The van der Waals surface area contributed by atoms with Gasteiger partial charge in [-0.1, -0.05) is 5.16 Å². The number of carbonyl (C=O) groups is 1. The smallest absolute Gasteiger partial charge is 0.256 e. The van der Waals surface area contributed by atoms with Crippen molar-refractivity contribution in [1.82, 2.24) is 10.5 Å². The lowest BCUT2D eigenvalue weighted by Crippen LogP contribution is -2.38. The summed E-state index contributed by atoms with van der Waals surface area (Å²) >= 11 is 0. The predicted molar refractivity (Wildman–Crippen MR) is 56.1 cm³/mol. The fraction of sp³-hybridized carbons (Fsp3) is 0.600. The second kappa shape index (κ2) is 6.24. The van der Waals surface area contributed by atoms with Gasteiger partial charge < -0.3 is 19.7 Å². The number of aliphatic hydroxyl groups excluding tert-OH is 1. The molecule has 2 N–H and O–H groups in total. The van der Waals surface area contributed by atoms with Gasteiger partial charge in [-0.05, 0) is 13.3 Å². The lowest BCUT2D eigenvalue weighted by molar-refractivity contribution is 0.0877. The number of ether oxygens (including phenoxy) is 1. The highest BCUT2D eigenvalue weighted by molar-refractivity contribution is 5.94. The molecular weight excluding hydrogens is 212 g/mol. The highest BCUT2D eigenvalue weighted by Gasteiger charge is 2.17.